The van der Waals surface area contributed by atoms with Crippen LogP contribution in [0.5, 0.6) is 0 Å². The van der Waals surface area contributed by atoms with Gasteiger partial charge in [0.25, 0.3) is 0 Å². The summed E-state index contributed by atoms with van der Waals surface area (Å²) in [6.07, 6.45) is 0.110. The summed E-state index contributed by atoms with van der Waals surface area (Å²) in [6, 6.07) is 1.02. The van der Waals surface area contributed by atoms with Gasteiger partial charge in [0.1, 0.15) is 17.7 Å². The van der Waals surface area contributed by atoms with Crippen molar-refractivity contribution in [2.24, 2.45) is 0 Å². The smallest absolute Gasteiger partial charge is 0.326 e. The van der Waals surface area contributed by atoms with Crippen molar-refractivity contribution in [2.45, 2.75) is 12.5 Å². The number of rotatable bonds is 1. The molecule has 0 spiro atoms. The van der Waals surface area contributed by atoms with Crippen LogP contribution in [0.1, 0.15) is 5.56 Å². The average Bonchev–Trinajstić information content (AvgIpc) is 2.47. The van der Waals surface area contributed by atoms with Crippen molar-refractivity contribution in [2.75, 3.05) is 5.32 Å². The van der Waals surface area contributed by atoms with Crippen molar-refractivity contribution in [3.8, 4) is 0 Å². The molecule has 14 heavy (non-hydrogen) atoms. The maximum Gasteiger partial charge on any atom is 0.326 e. The van der Waals surface area contributed by atoms with E-state index in [0.29, 0.717) is 5.56 Å². The summed E-state index contributed by atoms with van der Waals surface area (Å²) in [5.41, 5.74) is 0.466. The Morgan fingerprint density at radius 3 is 2.86 bits per heavy atom. The van der Waals surface area contributed by atoms with Gasteiger partial charge in [-0.25, -0.2) is 13.6 Å². The van der Waals surface area contributed by atoms with Gasteiger partial charge in [-0.2, -0.15) is 0 Å². The molecule has 0 bridgehead atoms. The van der Waals surface area contributed by atoms with Crippen LogP contribution in [0, 0.1) is 11.6 Å². The normalized spacial score (nSPS) is 18.9. The minimum absolute atomic E-state index is 0.0961. The van der Waals surface area contributed by atoms with Gasteiger partial charge in [0.05, 0.1) is 5.69 Å². The number of carbonyl (C=O) groups is 1. The molecule has 0 aromatic heterocycles. The molecular formula is C9H7F2NO2. The number of carboxylic acid groups (broad SMARTS) is 1. The Morgan fingerprint density at radius 2 is 2.21 bits per heavy atom. The molecule has 0 saturated heterocycles. The zero-order valence-electron chi connectivity index (χ0n) is 7.05. The van der Waals surface area contributed by atoms with Crippen LogP contribution in [0.3, 0.4) is 0 Å². The van der Waals surface area contributed by atoms with Gasteiger partial charge in [-0.05, 0) is 11.6 Å². The van der Waals surface area contributed by atoms with Crippen LogP contribution in [0.2, 0.25) is 0 Å². The Balaban J connectivity index is 2.39. The first-order valence-electron chi connectivity index (χ1n) is 4.05. The van der Waals surface area contributed by atoms with Crippen molar-refractivity contribution < 1.29 is 18.7 Å². The fraction of sp³-hybridized carbons (Fsp3) is 0.222. The lowest BCUT2D eigenvalue weighted by molar-refractivity contribution is -0.137. The number of anilines is 1. The monoisotopic (exact) mass is 199 g/mol. The van der Waals surface area contributed by atoms with Crippen molar-refractivity contribution in [3.63, 3.8) is 0 Å². The third-order valence-electron chi connectivity index (χ3n) is 2.18. The molecule has 1 aromatic carbocycles. The Hall–Kier alpha value is -1.65. The molecule has 0 saturated carbocycles. The molecule has 0 unspecified atom stereocenters. The van der Waals surface area contributed by atoms with Gasteiger partial charge in [0.15, 0.2) is 0 Å². The largest absolute Gasteiger partial charge is 0.480 e. The zero-order valence-corrected chi connectivity index (χ0v) is 7.05. The minimum atomic E-state index is -1.07. The molecule has 0 aliphatic carbocycles. The number of halogens is 2. The number of aliphatic carboxylic acids is 1. The van der Waals surface area contributed by atoms with E-state index in [9.17, 15) is 13.6 Å². The average molecular weight is 199 g/mol. The second-order valence-electron chi connectivity index (χ2n) is 3.16. The molecular weight excluding hydrogens is 192 g/mol. The molecule has 1 heterocycles. The number of nitrogens with one attached hydrogen (secondary N) is 1. The van der Waals surface area contributed by atoms with E-state index in [1.165, 1.54) is 0 Å². The highest BCUT2D eigenvalue weighted by Gasteiger charge is 2.28. The van der Waals surface area contributed by atoms with E-state index in [0.717, 1.165) is 12.1 Å². The Labute approximate surface area is 78.4 Å². The molecule has 0 fully saturated rings. The number of hydrogen-bond acceptors (Lipinski definition) is 2. The lowest BCUT2D eigenvalue weighted by Gasteiger charge is -2.04. The lowest BCUT2D eigenvalue weighted by Crippen LogP contribution is -2.26. The number of fused-ring (bicyclic) bond motifs is 1. The third kappa shape index (κ3) is 1.30. The predicted molar refractivity (Wildman–Crippen MR) is 45.1 cm³/mol. The Bertz CT molecular complexity index is 406. The molecule has 5 heteroatoms. The van der Waals surface area contributed by atoms with E-state index in [2.05, 4.69) is 5.32 Å². The number of hydrogen-bond donors (Lipinski definition) is 2. The minimum Gasteiger partial charge on any atom is -0.480 e. The topological polar surface area (TPSA) is 49.3 Å². The molecule has 1 aliphatic heterocycles. The number of benzene rings is 1. The SMILES string of the molecule is O=C(O)[C@@H]1Cc2cc(F)cc(F)c2N1. The fourth-order valence-electron chi connectivity index (χ4n) is 1.54. The number of carboxylic acids is 1. The standard InChI is InChI=1S/C9H7F2NO2/c10-5-1-4-2-7(9(13)14)12-8(4)6(11)3-5/h1,3,7,12H,2H2,(H,13,14)/t7-/m0/s1. The summed E-state index contributed by atoms with van der Waals surface area (Å²) < 4.78 is 25.8. The highest BCUT2D eigenvalue weighted by Crippen LogP contribution is 2.29. The van der Waals surface area contributed by atoms with Crippen LogP contribution in [-0.4, -0.2) is 17.1 Å². The van der Waals surface area contributed by atoms with Crippen LogP contribution >= 0.6 is 0 Å². The predicted octanol–water partition coefficient (Wildman–Crippen LogP) is 1.39. The Kier molecular flexibility index (Phi) is 1.87. The van der Waals surface area contributed by atoms with Gasteiger partial charge >= 0.3 is 5.97 Å². The molecule has 74 valence electrons. The summed E-state index contributed by atoms with van der Waals surface area (Å²) in [7, 11) is 0. The molecule has 0 amide bonds. The first-order chi connectivity index (χ1) is 6.58. The molecule has 2 rings (SSSR count). The van der Waals surface area contributed by atoms with Gasteiger partial charge in [0, 0.05) is 12.5 Å². The first-order valence-corrected chi connectivity index (χ1v) is 4.05. The van der Waals surface area contributed by atoms with E-state index < -0.39 is 23.6 Å². The molecule has 1 atom stereocenters. The van der Waals surface area contributed by atoms with Crippen molar-refractivity contribution in [1.82, 2.24) is 0 Å². The van der Waals surface area contributed by atoms with Crippen LogP contribution in [-0.2, 0) is 11.2 Å². The van der Waals surface area contributed by atoms with Crippen LogP contribution in [0.4, 0.5) is 14.5 Å². The quantitative estimate of drug-likeness (QED) is 0.718. The summed E-state index contributed by atoms with van der Waals surface area (Å²) in [6.45, 7) is 0. The highest BCUT2D eigenvalue weighted by atomic mass is 19.1. The third-order valence-corrected chi connectivity index (χ3v) is 2.18. The van der Waals surface area contributed by atoms with E-state index >= 15 is 0 Å². The molecule has 1 aromatic rings. The molecule has 1 aliphatic rings. The maximum atomic E-state index is 13.1. The zero-order chi connectivity index (χ0) is 10.3. The van der Waals surface area contributed by atoms with Gasteiger partial charge in [-0.15, -0.1) is 0 Å². The van der Waals surface area contributed by atoms with Crippen molar-refractivity contribution >= 4 is 11.7 Å². The maximum absolute atomic E-state index is 13.1. The van der Waals surface area contributed by atoms with Gasteiger partial charge in [0.2, 0.25) is 0 Å². The van der Waals surface area contributed by atoms with E-state index in [4.69, 9.17) is 5.11 Å². The second kappa shape index (κ2) is 2.94. The van der Waals surface area contributed by atoms with Crippen LogP contribution < -0.4 is 5.32 Å². The van der Waals surface area contributed by atoms with Gasteiger partial charge in [-0.1, -0.05) is 0 Å². The van der Waals surface area contributed by atoms with E-state index in [-0.39, 0.29) is 12.1 Å². The fourth-order valence-corrected chi connectivity index (χ4v) is 1.54. The van der Waals surface area contributed by atoms with Crippen LogP contribution in [0.25, 0.3) is 0 Å². The van der Waals surface area contributed by atoms with Crippen molar-refractivity contribution in [3.05, 3.63) is 29.3 Å². The van der Waals surface area contributed by atoms with Gasteiger partial charge < -0.3 is 10.4 Å². The van der Waals surface area contributed by atoms with Crippen LogP contribution in [0.15, 0.2) is 12.1 Å². The summed E-state index contributed by atoms with van der Waals surface area (Å²) in [5, 5.41) is 11.2. The summed E-state index contributed by atoms with van der Waals surface area (Å²) in [4.78, 5) is 10.6. The van der Waals surface area contributed by atoms with E-state index in [1.807, 2.05) is 0 Å². The molecule has 2 N–H and O–H groups in total. The summed E-state index contributed by atoms with van der Waals surface area (Å²) >= 11 is 0. The molecule has 3 nitrogen and oxygen atoms in total. The van der Waals surface area contributed by atoms with Crippen molar-refractivity contribution in [1.29, 1.82) is 0 Å². The summed E-state index contributed by atoms with van der Waals surface area (Å²) in [5.74, 6) is -2.50. The van der Waals surface area contributed by atoms with Gasteiger partial charge in [-0.3, -0.25) is 0 Å². The van der Waals surface area contributed by atoms with E-state index in [1.54, 1.807) is 0 Å². The lowest BCUT2D eigenvalue weighted by atomic mass is 10.1. The Morgan fingerprint density at radius 1 is 1.50 bits per heavy atom. The first kappa shape index (κ1) is 8.93. The molecule has 0 radical (unpaired) electrons. The highest BCUT2D eigenvalue weighted by molar-refractivity contribution is 5.81. The second-order valence-corrected chi connectivity index (χ2v) is 3.16.